The summed E-state index contributed by atoms with van der Waals surface area (Å²) in [6.07, 6.45) is 2.17. The lowest BCUT2D eigenvalue weighted by molar-refractivity contribution is -0.161. The fraction of sp³-hybridized carbons (Fsp3) is 0.423. The fourth-order valence-electron chi connectivity index (χ4n) is 4.96. The van der Waals surface area contributed by atoms with Crippen LogP contribution in [0.1, 0.15) is 56.1 Å². The highest BCUT2D eigenvalue weighted by molar-refractivity contribution is 5.87. The second kappa shape index (κ2) is 9.65. The van der Waals surface area contributed by atoms with Crippen molar-refractivity contribution in [3.05, 3.63) is 59.7 Å². The topological polar surface area (TPSA) is 95.9 Å². The van der Waals surface area contributed by atoms with Crippen LogP contribution in [0.2, 0.25) is 0 Å². The Morgan fingerprint density at radius 3 is 2.33 bits per heavy atom. The van der Waals surface area contributed by atoms with Crippen LogP contribution in [0.5, 0.6) is 0 Å². The van der Waals surface area contributed by atoms with E-state index in [9.17, 15) is 19.5 Å². The number of carboxylic acid groups (broad SMARTS) is 1. The Bertz CT molecular complexity index is 1010. The largest absolute Gasteiger partial charge is 0.480 e. The van der Waals surface area contributed by atoms with Gasteiger partial charge in [0.2, 0.25) is 5.91 Å². The molecule has 1 heterocycles. The number of hydrogen-bond acceptors (Lipinski definition) is 4. The minimum atomic E-state index is -1.14. The van der Waals surface area contributed by atoms with Gasteiger partial charge < -0.3 is 20.1 Å². The van der Waals surface area contributed by atoms with Crippen LogP contribution in [0.3, 0.4) is 0 Å². The number of benzene rings is 2. The molecule has 1 saturated heterocycles. The van der Waals surface area contributed by atoms with Gasteiger partial charge in [0.05, 0.1) is 0 Å². The zero-order valence-electron chi connectivity index (χ0n) is 18.9. The monoisotopic (exact) mass is 450 g/mol. The number of ether oxygens (including phenoxy) is 1. The van der Waals surface area contributed by atoms with E-state index in [1.54, 1.807) is 6.92 Å². The van der Waals surface area contributed by atoms with E-state index in [1.807, 2.05) is 24.3 Å². The molecule has 7 heteroatoms. The quantitative estimate of drug-likeness (QED) is 0.618. The van der Waals surface area contributed by atoms with Gasteiger partial charge in [0.15, 0.2) is 0 Å². The minimum absolute atomic E-state index is 0.00229. The summed E-state index contributed by atoms with van der Waals surface area (Å²) >= 11 is 0. The highest BCUT2D eigenvalue weighted by Gasteiger charge is 2.43. The lowest BCUT2D eigenvalue weighted by atomic mass is 9.88. The Morgan fingerprint density at radius 2 is 1.70 bits per heavy atom. The molecule has 2 N–H and O–H groups in total. The Balaban J connectivity index is 1.25. The molecule has 2 aromatic carbocycles. The molecule has 1 aliphatic heterocycles. The van der Waals surface area contributed by atoms with Crippen molar-refractivity contribution in [2.24, 2.45) is 0 Å². The van der Waals surface area contributed by atoms with Crippen LogP contribution in [-0.4, -0.2) is 53.2 Å². The van der Waals surface area contributed by atoms with Crippen molar-refractivity contribution in [2.45, 2.75) is 50.5 Å². The van der Waals surface area contributed by atoms with Crippen molar-refractivity contribution in [2.75, 3.05) is 19.7 Å². The number of carbonyl (C=O) groups excluding carboxylic acids is 2. The number of nitrogens with one attached hydrogen (secondary N) is 1. The maximum absolute atomic E-state index is 12.6. The maximum atomic E-state index is 12.6. The Morgan fingerprint density at radius 1 is 1.06 bits per heavy atom. The summed E-state index contributed by atoms with van der Waals surface area (Å²) < 4.78 is 5.50. The molecule has 174 valence electrons. The first-order chi connectivity index (χ1) is 15.9. The molecule has 0 spiro atoms. The number of piperidine rings is 1. The highest BCUT2D eigenvalue weighted by atomic mass is 16.5. The van der Waals surface area contributed by atoms with E-state index >= 15 is 0 Å². The number of aliphatic carboxylic acids is 1. The molecule has 0 radical (unpaired) electrons. The van der Waals surface area contributed by atoms with E-state index in [0.29, 0.717) is 25.9 Å². The molecule has 2 amide bonds. The van der Waals surface area contributed by atoms with E-state index in [1.165, 1.54) is 16.0 Å². The zero-order chi connectivity index (χ0) is 23.4. The molecule has 1 aliphatic carbocycles. The molecule has 1 atom stereocenters. The first kappa shape index (κ1) is 22.8. The number of alkyl carbamates (subject to hydrolysis) is 1. The third kappa shape index (κ3) is 4.58. The summed E-state index contributed by atoms with van der Waals surface area (Å²) in [5, 5.41) is 12.3. The molecule has 1 fully saturated rings. The van der Waals surface area contributed by atoms with Gasteiger partial charge in [-0.05, 0) is 54.9 Å². The van der Waals surface area contributed by atoms with Gasteiger partial charge in [-0.2, -0.15) is 0 Å². The van der Waals surface area contributed by atoms with E-state index in [0.717, 1.165) is 24.0 Å². The molecule has 7 nitrogen and oxygen atoms in total. The van der Waals surface area contributed by atoms with Gasteiger partial charge in [-0.1, -0.05) is 48.5 Å². The average molecular weight is 451 g/mol. The summed E-state index contributed by atoms with van der Waals surface area (Å²) in [5.41, 5.74) is 3.51. The van der Waals surface area contributed by atoms with Crippen molar-refractivity contribution in [1.82, 2.24) is 10.2 Å². The van der Waals surface area contributed by atoms with Gasteiger partial charge in [0, 0.05) is 25.4 Å². The summed E-state index contributed by atoms with van der Waals surface area (Å²) in [4.78, 5) is 38.0. The second-order valence-corrected chi connectivity index (χ2v) is 8.94. The molecule has 4 rings (SSSR count). The van der Waals surface area contributed by atoms with Crippen molar-refractivity contribution >= 4 is 18.0 Å². The molecular weight excluding hydrogens is 420 g/mol. The van der Waals surface area contributed by atoms with Crippen LogP contribution in [0.15, 0.2) is 48.5 Å². The number of rotatable bonds is 7. The smallest absolute Gasteiger partial charge is 0.407 e. The number of carboxylic acids is 1. The third-order valence-corrected chi connectivity index (χ3v) is 6.83. The van der Waals surface area contributed by atoms with Crippen LogP contribution in [-0.2, 0) is 14.3 Å². The summed E-state index contributed by atoms with van der Waals surface area (Å²) in [7, 11) is 0. The van der Waals surface area contributed by atoms with Crippen LogP contribution in [0.25, 0.3) is 11.1 Å². The normalized spacial score (nSPS) is 19.5. The molecule has 0 bridgehead atoms. The van der Waals surface area contributed by atoms with Gasteiger partial charge in [-0.3, -0.25) is 4.79 Å². The molecule has 33 heavy (non-hydrogen) atoms. The first-order valence-electron chi connectivity index (χ1n) is 11.5. The summed E-state index contributed by atoms with van der Waals surface area (Å²) in [6.45, 7) is 2.60. The molecular formula is C26H30N2O5. The maximum Gasteiger partial charge on any atom is 0.407 e. The lowest BCUT2D eigenvalue weighted by Crippen LogP contribution is -2.57. The number of amides is 2. The van der Waals surface area contributed by atoms with Gasteiger partial charge in [0.1, 0.15) is 12.1 Å². The Hall–Kier alpha value is -3.35. The van der Waals surface area contributed by atoms with Gasteiger partial charge in [0.25, 0.3) is 0 Å². The van der Waals surface area contributed by atoms with E-state index in [4.69, 9.17) is 4.74 Å². The van der Waals surface area contributed by atoms with Crippen LogP contribution in [0.4, 0.5) is 4.79 Å². The van der Waals surface area contributed by atoms with Crippen molar-refractivity contribution < 1.29 is 24.2 Å². The van der Waals surface area contributed by atoms with Crippen molar-refractivity contribution in [3.8, 4) is 11.1 Å². The van der Waals surface area contributed by atoms with Crippen LogP contribution in [0, 0.1) is 0 Å². The fourth-order valence-corrected chi connectivity index (χ4v) is 4.96. The van der Waals surface area contributed by atoms with E-state index in [-0.39, 0.29) is 24.9 Å². The SMILES string of the molecule is CC1(C(=O)O)CCCCN1C(=O)CCCNC(=O)OCC1c2ccccc2-c2ccccc21. The molecule has 2 aliphatic rings. The number of nitrogens with zero attached hydrogens (tertiary/aromatic N) is 1. The Kier molecular flexibility index (Phi) is 6.67. The van der Waals surface area contributed by atoms with Gasteiger partial charge >= 0.3 is 12.1 Å². The minimum Gasteiger partial charge on any atom is -0.480 e. The van der Waals surface area contributed by atoms with Crippen LogP contribution < -0.4 is 5.32 Å². The third-order valence-electron chi connectivity index (χ3n) is 6.83. The van der Waals surface area contributed by atoms with Gasteiger partial charge in [-0.15, -0.1) is 0 Å². The second-order valence-electron chi connectivity index (χ2n) is 8.94. The summed E-state index contributed by atoms with van der Waals surface area (Å²) in [6, 6.07) is 16.3. The predicted molar refractivity (Wildman–Crippen MR) is 124 cm³/mol. The number of fused-ring (bicyclic) bond motifs is 3. The molecule has 0 saturated carbocycles. The molecule has 2 aromatic rings. The molecule has 1 unspecified atom stereocenters. The predicted octanol–water partition coefficient (Wildman–Crippen LogP) is 4.16. The first-order valence-corrected chi connectivity index (χ1v) is 11.5. The number of carbonyl (C=O) groups is 3. The highest BCUT2D eigenvalue weighted by Crippen LogP contribution is 2.44. The van der Waals surface area contributed by atoms with E-state index in [2.05, 4.69) is 29.6 Å². The van der Waals surface area contributed by atoms with Crippen molar-refractivity contribution in [3.63, 3.8) is 0 Å². The van der Waals surface area contributed by atoms with Crippen LogP contribution >= 0.6 is 0 Å². The lowest BCUT2D eigenvalue weighted by Gasteiger charge is -2.41. The number of likely N-dealkylation sites (tertiary alicyclic amines) is 1. The Labute approximate surface area is 193 Å². The summed E-state index contributed by atoms with van der Waals surface area (Å²) in [5.74, 6) is -1.15. The standard InChI is InChI=1S/C26H30N2O5/c1-26(24(30)31)14-6-7-16-28(26)23(29)13-8-15-27-25(32)33-17-22-20-11-4-2-9-18(20)19-10-3-5-12-21(19)22/h2-5,9-12,22H,6-8,13-17H2,1H3,(H,27,32)(H,30,31). The zero-order valence-corrected chi connectivity index (χ0v) is 18.9. The van der Waals surface area contributed by atoms with Gasteiger partial charge in [-0.25, -0.2) is 9.59 Å². The molecule has 0 aromatic heterocycles. The number of hydrogen-bond donors (Lipinski definition) is 2. The average Bonchev–Trinajstić information content (AvgIpc) is 3.14. The van der Waals surface area contributed by atoms with Crippen molar-refractivity contribution in [1.29, 1.82) is 0 Å². The van der Waals surface area contributed by atoms with E-state index < -0.39 is 17.6 Å².